The van der Waals surface area contributed by atoms with Gasteiger partial charge in [-0.05, 0) is 66.3 Å². The molecule has 0 bridgehead atoms. The lowest BCUT2D eigenvalue weighted by molar-refractivity contribution is -0.159. The molecule has 1 aliphatic heterocycles. The number of hydrogen-bond donors (Lipinski definition) is 4. The van der Waals surface area contributed by atoms with E-state index in [1.807, 2.05) is 0 Å². The van der Waals surface area contributed by atoms with E-state index in [1.165, 1.54) is 19.1 Å². The third-order valence-corrected chi connectivity index (χ3v) is 5.36. The average molecular weight is 524 g/mol. The van der Waals surface area contributed by atoms with Crippen LogP contribution in [-0.4, -0.2) is 77.7 Å². The van der Waals surface area contributed by atoms with Crippen LogP contribution < -0.4 is 21.7 Å². The van der Waals surface area contributed by atoms with Gasteiger partial charge in [0.2, 0.25) is 17.7 Å². The first kappa shape index (κ1) is 31.7. The highest BCUT2D eigenvalue weighted by molar-refractivity contribution is 6.12. The number of nitrogens with zero attached hydrogens (tertiary/aromatic N) is 1. The van der Waals surface area contributed by atoms with E-state index in [9.17, 15) is 28.8 Å². The number of imide groups is 1. The van der Waals surface area contributed by atoms with Crippen molar-refractivity contribution in [2.45, 2.75) is 90.3 Å². The highest BCUT2D eigenvalue weighted by atomic mass is 16.6. The van der Waals surface area contributed by atoms with E-state index < -0.39 is 35.5 Å². The van der Waals surface area contributed by atoms with Crippen LogP contribution in [0.3, 0.4) is 0 Å². The molecule has 0 fully saturated rings. The summed E-state index contributed by atoms with van der Waals surface area (Å²) in [7, 11) is 0. The second kappa shape index (κ2) is 15.7. The third-order valence-electron chi connectivity index (χ3n) is 5.36. The number of ether oxygens (including phenoxy) is 1. The Morgan fingerprint density at radius 1 is 0.946 bits per heavy atom. The number of carbonyl (C=O) groups excluding carboxylic acids is 6. The molecule has 0 spiro atoms. The Kier molecular flexibility index (Phi) is 13.5. The van der Waals surface area contributed by atoms with Crippen molar-refractivity contribution in [3.63, 3.8) is 0 Å². The fourth-order valence-electron chi connectivity index (χ4n) is 3.42. The molecule has 1 heterocycles. The van der Waals surface area contributed by atoms with E-state index >= 15 is 0 Å². The summed E-state index contributed by atoms with van der Waals surface area (Å²) in [6.07, 6.45) is 6.07. The second-order valence-electron chi connectivity index (χ2n) is 9.92. The number of rotatable bonds is 16. The van der Waals surface area contributed by atoms with Crippen LogP contribution >= 0.6 is 0 Å². The molecular formula is C25H41N5O7. The Balaban J connectivity index is 2.34. The standard InChI is InChI=1S/C25H41N5O7/c1-17(23(35)29-18(10-7-8-14-26)24(36)37-25(2,3)4)28-20(32)16-27-19(31)11-6-5-9-15-30-21(33)12-13-22(30)34/h12-13,17-18H,5-11,14-16,26H2,1-4H3,(H,27,31)(H,28,32)(H,29,35)/t17-,18-/m0/s1. The summed E-state index contributed by atoms with van der Waals surface area (Å²) in [6, 6.07) is -1.80. The molecule has 5 amide bonds. The fraction of sp³-hybridized carbons (Fsp3) is 0.680. The predicted molar refractivity (Wildman–Crippen MR) is 136 cm³/mol. The Labute approximate surface area is 218 Å². The number of amides is 5. The number of esters is 1. The van der Waals surface area contributed by atoms with Crippen LogP contribution in [0.2, 0.25) is 0 Å². The van der Waals surface area contributed by atoms with Crippen LogP contribution in [0.5, 0.6) is 0 Å². The molecule has 0 aromatic heterocycles. The first-order valence-electron chi connectivity index (χ1n) is 12.7. The van der Waals surface area contributed by atoms with Crippen LogP contribution in [0.15, 0.2) is 12.2 Å². The number of nitrogens with one attached hydrogen (secondary N) is 3. The molecule has 0 saturated heterocycles. The first-order valence-corrected chi connectivity index (χ1v) is 12.7. The number of nitrogens with two attached hydrogens (primary N) is 1. The predicted octanol–water partition coefficient (Wildman–Crippen LogP) is 0.0482. The topological polar surface area (TPSA) is 177 Å². The van der Waals surface area contributed by atoms with Crippen molar-refractivity contribution in [1.29, 1.82) is 0 Å². The maximum Gasteiger partial charge on any atom is 0.329 e. The Hall–Kier alpha value is -3.28. The van der Waals surface area contributed by atoms with Gasteiger partial charge in [-0.25, -0.2) is 4.79 Å². The lowest BCUT2D eigenvalue weighted by Crippen LogP contribution is -2.52. The van der Waals surface area contributed by atoms with E-state index in [1.54, 1.807) is 20.8 Å². The normalized spacial score (nSPS) is 14.8. The van der Waals surface area contributed by atoms with Crippen LogP contribution in [0.1, 0.15) is 72.6 Å². The molecule has 37 heavy (non-hydrogen) atoms. The quantitative estimate of drug-likeness (QED) is 0.125. The largest absolute Gasteiger partial charge is 0.458 e. The van der Waals surface area contributed by atoms with Gasteiger partial charge in [-0.2, -0.15) is 0 Å². The van der Waals surface area contributed by atoms with Crippen LogP contribution in [0, 0.1) is 0 Å². The highest BCUT2D eigenvalue weighted by Crippen LogP contribution is 2.12. The summed E-state index contributed by atoms with van der Waals surface area (Å²) >= 11 is 0. The molecular weight excluding hydrogens is 482 g/mol. The Bertz CT molecular complexity index is 848. The second-order valence-corrected chi connectivity index (χ2v) is 9.92. The summed E-state index contributed by atoms with van der Waals surface area (Å²) in [6.45, 7) is 7.14. The SMILES string of the molecule is C[C@H](NC(=O)CNC(=O)CCCCCN1C(=O)C=CC1=O)C(=O)N[C@@H](CCCCN)C(=O)OC(C)(C)C. The van der Waals surface area contributed by atoms with E-state index in [4.69, 9.17) is 10.5 Å². The number of unbranched alkanes of at least 4 members (excludes halogenated alkanes) is 3. The molecule has 2 atom stereocenters. The van der Waals surface area contributed by atoms with Crippen LogP contribution in [-0.2, 0) is 33.5 Å². The summed E-state index contributed by atoms with van der Waals surface area (Å²) in [5, 5.41) is 7.62. The molecule has 0 aliphatic carbocycles. The molecule has 1 aliphatic rings. The van der Waals surface area contributed by atoms with Crippen molar-refractivity contribution in [2.24, 2.45) is 5.73 Å². The van der Waals surface area contributed by atoms with Crippen molar-refractivity contribution in [1.82, 2.24) is 20.9 Å². The molecule has 0 aromatic rings. The van der Waals surface area contributed by atoms with Gasteiger partial charge in [0.25, 0.3) is 11.8 Å². The molecule has 208 valence electrons. The lowest BCUT2D eigenvalue weighted by atomic mass is 10.1. The van der Waals surface area contributed by atoms with Gasteiger partial charge in [-0.1, -0.05) is 6.42 Å². The van der Waals surface area contributed by atoms with Gasteiger partial charge in [-0.15, -0.1) is 0 Å². The molecule has 12 nitrogen and oxygen atoms in total. The molecule has 1 rings (SSSR count). The average Bonchev–Trinajstić information content (AvgIpc) is 3.12. The Morgan fingerprint density at radius 2 is 1.59 bits per heavy atom. The summed E-state index contributed by atoms with van der Waals surface area (Å²) in [5.74, 6) is -2.64. The minimum absolute atomic E-state index is 0.184. The zero-order valence-corrected chi connectivity index (χ0v) is 22.3. The summed E-state index contributed by atoms with van der Waals surface area (Å²) < 4.78 is 5.39. The number of carbonyl (C=O) groups is 6. The van der Waals surface area contributed by atoms with Crippen molar-refractivity contribution >= 4 is 35.5 Å². The van der Waals surface area contributed by atoms with Gasteiger partial charge >= 0.3 is 5.97 Å². The minimum Gasteiger partial charge on any atom is -0.458 e. The fourth-order valence-corrected chi connectivity index (χ4v) is 3.42. The van der Waals surface area contributed by atoms with Gasteiger partial charge in [-0.3, -0.25) is 28.9 Å². The third kappa shape index (κ3) is 13.0. The maximum absolute atomic E-state index is 12.6. The van der Waals surface area contributed by atoms with Crippen molar-refractivity contribution in [3.05, 3.63) is 12.2 Å². The molecule has 0 saturated carbocycles. The Morgan fingerprint density at radius 3 is 2.19 bits per heavy atom. The molecule has 12 heteroatoms. The van der Waals surface area contributed by atoms with Gasteiger partial charge < -0.3 is 26.4 Å². The lowest BCUT2D eigenvalue weighted by Gasteiger charge is -2.25. The van der Waals surface area contributed by atoms with Gasteiger partial charge in [0.05, 0.1) is 6.54 Å². The zero-order valence-electron chi connectivity index (χ0n) is 22.3. The molecule has 5 N–H and O–H groups in total. The van der Waals surface area contributed by atoms with E-state index in [0.717, 1.165) is 4.90 Å². The summed E-state index contributed by atoms with van der Waals surface area (Å²) in [4.78, 5) is 73.3. The minimum atomic E-state index is -0.936. The van der Waals surface area contributed by atoms with Gasteiger partial charge in [0.1, 0.15) is 17.7 Å². The van der Waals surface area contributed by atoms with Crippen molar-refractivity contribution in [3.8, 4) is 0 Å². The van der Waals surface area contributed by atoms with Gasteiger partial charge in [0, 0.05) is 25.1 Å². The molecule has 0 unspecified atom stereocenters. The van der Waals surface area contributed by atoms with Crippen LogP contribution in [0.25, 0.3) is 0 Å². The molecule has 0 radical (unpaired) electrons. The van der Waals surface area contributed by atoms with E-state index in [-0.39, 0.29) is 30.7 Å². The van der Waals surface area contributed by atoms with Crippen molar-refractivity contribution < 1.29 is 33.5 Å². The molecule has 0 aromatic carbocycles. The van der Waals surface area contributed by atoms with E-state index in [2.05, 4.69) is 16.0 Å². The smallest absolute Gasteiger partial charge is 0.329 e. The monoisotopic (exact) mass is 523 g/mol. The van der Waals surface area contributed by atoms with Gasteiger partial charge in [0.15, 0.2) is 0 Å². The first-order chi connectivity index (χ1) is 17.3. The highest BCUT2D eigenvalue weighted by Gasteiger charge is 2.28. The number of hydrogen-bond acceptors (Lipinski definition) is 8. The maximum atomic E-state index is 12.6. The summed E-state index contributed by atoms with van der Waals surface area (Å²) in [5.41, 5.74) is 4.80. The van der Waals surface area contributed by atoms with Crippen LogP contribution in [0.4, 0.5) is 0 Å². The van der Waals surface area contributed by atoms with E-state index in [0.29, 0.717) is 51.6 Å². The van der Waals surface area contributed by atoms with Crippen molar-refractivity contribution in [2.75, 3.05) is 19.6 Å². The zero-order chi connectivity index (χ0) is 28.0.